The van der Waals surface area contributed by atoms with Crippen LogP contribution < -0.4 is 11.4 Å². The number of thiazole rings is 1. The van der Waals surface area contributed by atoms with Gasteiger partial charge in [-0.15, -0.1) is 11.3 Å². The van der Waals surface area contributed by atoms with E-state index in [1.54, 1.807) is 24.3 Å². The Kier molecular flexibility index (Phi) is 2.79. The molecule has 0 atom stereocenters. The highest BCUT2D eigenvalue weighted by atomic mass is 32.1. The Balaban J connectivity index is 2.23. The minimum atomic E-state index is -0.658. The van der Waals surface area contributed by atoms with Crippen molar-refractivity contribution in [3.05, 3.63) is 61.3 Å². The predicted molar refractivity (Wildman–Crippen MR) is 72.7 cm³/mol. The van der Waals surface area contributed by atoms with E-state index in [-0.39, 0.29) is 0 Å². The smallest absolute Gasteiger partial charge is 0.372 e. The second-order valence-electron chi connectivity index (χ2n) is 4.12. The first-order chi connectivity index (χ1) is 9.15. The van der Waals surface area contributed by atoms with Gasteiger partial charge in [-0.1, -0.05) is 12.1 Å². The standard InChI is InChI=1S/C13H10N2O3S/c1-8-14-9(7-19-8)6-15-11-5-3-2-4-10(11)12(16)18-13(15)17/h2-5,7H,6H2,1H3. The summed E-state index contributed by atoms with van der Waals surface area (Å²) in [5, 5.41) is 3.22. The quantitative estimate of drug-likeness (QED) is 0.714. The SMILES string of the molecule is Cc1nc(Cn2c(=O)oc(=O)c3ccccc32)cs1. The Morgan fingerprint density at radius 3 is 2.84 bits per heavy atom. The number of hydrogen-bond donors (Lipinski definition) is 0. The number of benzene rings is 1. The number of hydrogen-bond acceptors (Lipinski definition) is 5. The molecule has 0 aliphatic rings. The summed E-state index contributed by atoms with van der Waals surface area (Å²) < 4.78 is 6.15. The van der Waals surface area contributed by atoms with Gasteiger partial charge in [0.1, 0.15) is 0 Å². The van der Waals surface area contributed by atoms with Crippen LogP contribution in [0.1, 0.15) is 10.7 Å². The summed E-state index contributed by atoms with van der Waals surface area (Å²) in [4.78, 5) is 27.8. The van der Waals surface area contributed by atoms with E-state index in [9.17, 15) is 9.59 Å². The van der Waals surface area contributed by atoms with Crippen molar-refractivity contribution >= 4 is 22.2 Å². The zero-order chi connectivity index (χ0) is 13.4. The first-order valence-electron chi connectivity index (χ1n) is 5.69. The molecule has 0 N–H and O–H groups in total. The largest absolute Gasteiger partial charge is 0.422 e. The molecule has 0 aliphatic heterocycles. The zero-order valence-corrected chi connectivity index (χ0v) is 10.9. The van der Waals surface area contributed by atoms with Crippen molar-refractivity contribution in [3.8, 4) is 0 Å². The van der Waals surface area contributed by atoms with Crippen molar-refractivity contribution in [2.45, 2.75) is 13.5 Å². The van der Waals surface area contributed by atoms with Crippen molar-refractivity contribution in [1.82, 2.24) is 9.55 Å². The molecule has 5 nitrogen and oxygen atoms in total. The molecule has 96 valence electrons. The van der Waals surface area contributed by atoms with Gasteiger partial charge in [-0.3, -0.25) is 4.57 Å². The first-order valence-corrected chi connectivity index (χ1v) is 6.57. The van der Waals surface area contributed by atoms with E-state index in [1.807, 2.05) is 12.3 Å². The molecule has 19 heavy (non-hydrogen) atoms. The fourth-order valence-electron chi connectivity index (χ4n) is 1.96. The van der Waals surface area contributed by atoms with Crippen LogP contribution in [0, 0.1) is 6.92 Å². The van der Waals surface area contributed by atoms with Crippen LogP contribution in [-0.2, 0) is 6.54 Å². The number of rotatable bonds is 2. The van der Waals surface area contributed by atoms with Gasteiger partial charge >= 0.3 is 11.4 Å². The van der Waals surface area contributed by atoms with E-state index in [0.29, 0.717) is 17.4 Å². The van der Waals surface area contributed by atoms with Crippen molar-refractivity contribution < 1.29 is 4.42 Å². The summed E-state index contributed by atoms with van der Waals surface area (Å²) >= 11 is 1.52. The molecule has 0 unspecified atom stereocenters. The van der Waals surface area contributed by atoms with E-state index >= 15 is 0 Å². The van der Waals surface area contributed by atoms with Crippen molar-refractivity contribution in [2.24, 2.45) is 0 Å². The van der Waals surface area contributed by atoms with Crippen LogP contribution in [0.25, 0.3) is 10.9 Å². The highest BCUT2D eigenvalue weighted by molar-refractivity contribution is 7.09. The number of aryl methyl sites for hydroxylation is 1. The summed E-state index contributed by atoms with van der Waals surface area (Å²) in [5.41, 5.74) is 0.740. The highest BCUT2D eigenvalue weighted by Crippen LogP contribution is 2.12. The molecule has 0 fully saturated rings. The third-order valence-corrected chi connectivity index (χ3v) is 3.62. The molecule has 0 spiro atoms. The van der Waals surface area contributed by atoms with Crippen molar-refractivity contribution in [2.75, 3.05) is 0 Å². The van der Waals surface area contributed by atoms with Gasteiger partial charge in [-0.05, 0) is 19.1 Å². The summed E-state index contributed by atoms with van der Waals surface area (Å²) in [5.74, 6) is -0.658. The second kappa shape index (κ2) is 4.47. The molecule has 2 heterocycles. The van der Waals surface area contributed by atoms with Gasteiger partial charge in [0.25, 0.3) is 0 Å². The molecule has 0 saturated heterocycles. The van der Waals surface area contributed by atoms with Gasteiger partial charge in [0.15, 0.2) is 0 Å². The molecule has 0 radical (unpaired) electrons. The first kappa shape index (κ1) is 11.9. The lowest BCUT2D eigenvalue weighted by atomic mass is 10.2. The summed E-state index contributed by atoms with van der Waals surface area (Å²) in [6, 6.07) is 6.89. The maximum atomic E-state index is 11.8. The lowest BCUT2D eigenvalue weighted by Gasteiger charge is -2.06. The Hall–Kier alpha value is -2.21. The molecule has 0 aliphatic carbocycles. The average molecular weight is 274 g/mol. The van der Waals surface area contributed by atoms with Gasteiger partial charge in [0.05, 0.1) is 28.1 Å². The van der Waals surface area contributed by atoms with E-state index in [2.05, 4.69) is 4.98 Å². The summed E-state index contributed by atoms with van der Waals surface area (Å²) in [6.45, 7) is 2.20. The average Bonchev–Trinajstić information content (AvgIpc) is 2.80. The maximum Gasteiger partial charge on any atom is 0.422 e. The molecular weight excluding hydrogens is 264 g/mol. The molecule has 2 aromatic heterocycles. The zero-order valence-electron chi connectivity index (χ0n) is 10.1. The van der Waals surface area contributed by atoms with E-state index in [1.165, 1.54) is 15.9 Å². The van der Waals surface area contributed by atoms with Gasteiger partial charge in [-0.25, -0.2) is 14.6 Å². The Bertz CT molecular complexity index is 860. The number of nitrogens with zero attached hydrogens (tertiary/aromatic N) is 2. The van der Waals surface area contributed by atoms with Gasteiger partial charge in [0, 0.05) is 5.38 Å². The summed E-state index contributed by atoms with van der Waals surface area (Å²) in [7, 11) is 0. The number of fused-ring (bicyclic) bond motifs is 1. The lowest BCUT2D eigenvalue weighted by Crippen LogP contribution is -2.25. The predicted octanol–water partition coefficient (Wildman–Crippen LogP) is 1.77. The molecule has 3 aromatic rings. The van der Waals surface area contributed by atoms with Gasteiger partial charge in [-0.2, -0.15) is 0 Å². The van der Waals surface area contributed by atoms with Crippen LogP contribution in [0.2, 0.25) is 0 Å². The van der Waals surface area contributed by atoms with Crippen LogP contribution >= 0.6 is 11.3 Å². The summed E-state index contributed by atoms with van der Waals surface area (Å²) in [6.07, 6.45) is 0. The molecule has 0 bridgehead atoms. The van der Waals surface area contributed by atoms with Crippen molar-refractivity contribution in [1.29, 1.82) is 0 Å². The topological polar surface area (TPSA) is 65.1 Å². The third-order valence-electron chi connectivity index (χ3n) is 2.80. The van der Waals surface area contributed by atoms with Crippen LogP contribution in [0.15, 0.2) is 43.7 Å². The fourth-order valence-corrected chi connectivity index (χ4v) is 2.57. The van der Waals surface area contributed by atoms with Gasteiger partial charge < -0.3 is 4.42 Å². The Morgan fingerprint density at radius 2 is 2.11 bits per heavy atom. The van der Waals surface area contributed by atoms with E-state index in [0.717, 1.165) is 10.7 Å². The van der Waals surface area contributed by atoms with Crippen LogP contribution in [-0.4, -0.2) is 9.55 Å². The van der Waals surface area contributed by atoms with Crippen LogP contribution in [0.5, 0.6) is 0 Å². The lowest BCUT2D eigenvalue weighted by molar-refractivity contribution is 0.424. The number of para-hydroxylation sites is 1. The normalized spacial score (nSPS) is 11.0. The van der Waals surface area contributed by atoms with Crippen LogP contribution in [0.4, 0.5) is 0 Å². The minimum Gasteiger partial charge on any atom is -0.372 e. The van der Waals surface area contributed by atoms with E-state index < -0.39 is 11.4 Å². The molecular formula is C13H10N2O3S. The molecule has 3 rings (SSSR count). The Labute approximate surface area is 111 Å². The molecule has 1 aromatic carbocycles. The van der Waals surface area contributed by atoms with Crippen molar-refractivity contribution in [3.63, 3.8) is 0 Å². The highest BCUT2D eigenvalue weighted by Gasteiger charge is 2.10. The molecule has 0 amide bonds. The third kappa shape index (κ3) is 2.10. The van der Waals surface area contributed by atoms with Crippen LogP contribution in [0.3, 0.4) is 0 Å². The number of aromatic nitrogens is 2. The van der Waals surface area contributed by atoms with Gasteiger partial charge in [0.2, 0.25) is 0 Å². The Morgan fingerprint density at radius 1 is 1.32 bits per heavy atom. The minimum absolute atomic E-state index is 0.299. The molecule has 6 heteroatoms. The molecule has 0 saturated carbocycles. The fraction of sp³-hybridized carbons (Fsp3) is 0.154. The second-order valence-corrected chi connectivity index (χ2v) is 5.18. The monoisotopic (exact) mass is 274 g/mol. The maximum absolute atomic E-state index is 11.8. The van der Waals surface area contributed by atoms with E-state index in [4.69, 9.17) is 4.42 Å².